The lowest BCUT2D eigenvalue weighted by molar-refractivity contribution is -0.107. The van der Waals surface area contributed by atoms with Gasteiger partial charge in [-0.1, -0.05) is 0 Å². The molecule has 14 heavy (non-hydrogen) atoms. The average molecular weight is 195 g/mol. The lowest BCUT2D eigenvalue weighted by Gasteiger charge is -2.10. The monoisotopic (exact) mass is 195 g/mol. The summed E-state index contributed by atoms with van der Waals surface area (Å²) >= 11 is 0. The molecule has 0 saturated carbocycles. The number of methoxy groups -OCH3 is 2. The molecule has 0 aliphatic carbocycles. The van der Waals surface area contributed by atoms with Gasteiger partial charge in [-0.25, -0.2) is 4.98 Å². The first kappa shape index (κ1) is 10.5. The Labute approximate surface area is 82.9 Å². The minimum absolute atomic E-state index is 0.443. The van der Waals surface area contributed by atoms with Crippen molar-refractivity contribution in [2.75, 3.05) is 14.2 Å². The van der Waals surface area contributed by atoms with Crippen molar-refractivity contribution in [2.24, 2.45) is 0 Å². The number of carbonyl (C=O) groups excluding carboxylic acids is 1. The molecule has 4 heteroatoms. The summed E-state index contributed by atoms with van der Waals surface area (Å²) in [6.07, 6.45) is 3.51. The fourth-order valence-corrected chi connectivity index (χ4v) is 1.26. The van der Waals surface area contributed by atoms with Crippen LogP contribution in [0.25, 0.3) is 0 Å². The lowest BCUT2D eigenvalue weighted by atomic mass is 10.1. The van der Waals surface area contributed by atoms with Crippen molar-refractivity contribution in [2.45, 2.75) is 12.8 Å². The van der Waals surface area contributed by atoms with Gasteiger partial charge >= 0.3 is 0 Å². The number of hydrogen-bond donors (Lipinski definition) is 0. The standard InChI is InChI=1S/C10H13NO3/c1-13-9-5-6-11-10(14-2)8(9)4-3-7-12/h5-7H,3-4H2,1-2H3. The van der Waals surface area contributed by atoms with Crippen molar-refractivity contribution in [3.05, 3.63) is 17.8 Å². The van der Waals surface area contributed by atoms with Crippen LogP contribution >= 0.6 is 0 Å². The second-order valence-electron chi connectivity index (χ2n) is 2.71. The Bertz CT molecular complexity index is 290. The number of rotatable bonds is 5. The summed E-state index contributed by atoms with van der Waals surface area (Å²) in [5.74, 6) is 1.23. The highest BCUT2D eigenvalue weighted by Gasteiger charge is 2.09. The molecule has 0 amide bonds. The molecule has 0 bridgehead atoms. The number of aldehydes is 1. The van der Waals surface area contributed by atoms with E-state index in [4.69, 9.17) is 9.47 Å². The summed E-state index contributed by atoms with van der Waals surface area (Å²) < 4.78 is 10.2. The van der Waals surface area contributed by atoms with E-state index >= 15 is 0 Å². The highest BCUT2D eigenvalue weighted by Crippen LogP contribution is 2.26. The molecule has 1 heterocycles. The number of ether oxygens (including phenoxy) is 2. The minimum Gasteiger partial charge on any atom is -0.496 e. The third-order valence-corrected chi connectivity index (χ3v) is 1.90. The third kappa shape index (κ3) is 2.22. The van der Waals surface area contributed by atoms with E-state index in [1.54, 1.807) is 26.5 Å². The number of aromatic nitrogens is 1. The van der Waals surface area contributed by atoms with Crippen LogP contribution in [0.3, 0.4) is 0 Å². The maximum atomic E-state index is 10.3. The highest BCUT2D eigenvalue weighted by atomic mass is 16.5. The van der Waals surface area contributed by atoms with E-state index in [1.807, 2.05) is 0 Å². The molecule has 1 rings (SSSR count). The van der Waals surface area contributed by atoms with Crippen LogP contribution in [0.2, 0.25) is 0 Å². The summed E-state index contributed by atoms with van der Waals surface area (Å²) in [4.78, 5) is 14.3. The SMILES string of the molecule is COc1ccnc(OC)c1CCC=O. The van der Waals surface area contributed by atoms with E-state index in [0.717, 1.165) is 11.8 Å². The van der Waals surface area contributed by atoms with Gasteiger partial charge in [-0.2, -0.15) is 0 Å². The summed E-state index contributed by atoms with van der Waals surface area (Å²) in [7, 11) is 3.13. The van der Waals surface area contributed by atoms with Crippen LogP contribution in [0.1, 0.15) is 12.0 Å². The molecular formula is C10H13NO3. The van der Waals surface area contributed by atoms with E-state index in [9.17, 15) is 4.79 Å². The third-order valence-electron chi connectivity index (χ3n) is 1.90. The van der Waals surface area contributed by atoms with Crippen molar-refractivity contribution in [1.82, 2.24) is 4.98 Å². The minimum atomic E-state index is 0.443. The van der Waals surface area contributed by atoms with Gasteiger partial charge in [-0.05, 0) is 12.5 Å². The Morgan fingerprint density at radius 1 is 1.43 bits per heavy atom. The van der Waals surface area contributed by atoms with Crippen LogP contribution in [0.5, 0.6) is 11.6 Å². The fraction of sp³-hybridized carbons (Fsp3) is 0.400. The fourth-order valence-electron chi connectivity index (χ4n) is 1.26. The molecule has 1 aromatic rings. The van der Waals surface area contributed by atoms with Crippen LogP contribution in [-0.4, -0.2) is 25.5 Å². The number of pyridine rings is 1. The highest BCUT2D eigenvalue weighted by molar-refractivity contribution is 5.52. The van der Waals surface area contributed by atoms with Gasteiger partial charge in [0.25, 0.3) is 0 Å². The first-order valence-corrected chi connectivity index (χ1v) is 4.33. The molecule has 4 nitrogen and oxygen atoms in total. The molecule has 0 unspecified atom stereocenters. The molecule has 0 aliphatic rings. The summed E-state index contributed by atoms with van der Waals surface area (Å²) in [5, 5.41) is 0. The van der Waals surface area contributed by atoms with Gasteiger partial charge < -0.3 is 14.3 Å². The first-order chi connectivity index (χ1) is 6.83. The molecule has 0 fully saturated rings. The van der Waals surface area contributed by atoms with E-state index in [-0.39, 0.29) is 0 Å². The van der Waals surface area contributed by atoms with Crippen LogP contribution in [-0.2, 0) is 11.2 Å². The van der Waals surface area contributed by atoms with Crippen LogP contribution < -0.4 is 9.47 Å². The van der Waals surface area contributed by atoms with Gasteiger partial charge in [0.15, 0.2) is 0 Å². The largest absolute Gasteiger partial charge is 0.496 e. The molecule has 0 aromatic carbocycles. The predicted octanol–water partition coefficient (Wildman–Crippen LogP) is 1.23. The lowest BCUT2D eigenvalue weighted by Crippen LogP contribution is -1.99. The Morgan fingerprint density at radius 3 is 2.79 bits per heavy atom. The molecule has 0 spiro atoms. The number of hydrogen-bond acceptors (Lipinski definition) is 4. The van der Waals surface area contributed by atoms with Crippen molar-refractivity contribution < 1.29 is 14.3 Å². The van der Waals surface area contributed by atoms with Gasteiger partial charge in [-0.15, -0.1) is 0 Å². The van der Waals surface area contributed by atoms with Crippen molar-refractivity contribution in [1.29, 1.82) is 0 Å². The van der Waals surface area contributed by atoms with Crippen molar-refractivity contribution in [3.8, 4) is 11.6 Å². The maximum absolute atomic E-state index is 10.3. The van der Waals surface area contributed by atoms with Crippen LogP contribution in [0.15, 0.2) is 12.3 Å². The number of carbonyl (C=O) groups is 1. The average Bonchev–Trinajstić information content (AvgIpc) is 2.25. The molecule has 0 radical (unpaired) electrons. The van der Waals surface area contributed by atoms with E-state index in [0.29, 0.717) is 24.5 Å². The zero-order valence-electron chi connectivity index (χ0n) is 8.32. The van der Waals surface area contributed by atoms with Gasteiger partial charge in [-0.3, -0.25) is 0 Å². The molecule has 1 aromatic heterocycles. The number of nitrogens with zero attached hydrogens (tertiary/aromatic N) is 1. The smallest absolute Gasteiger partial charge is 0.220 e. The predicted molar refractivity (Wildman–Crippen MR) is 51.7 cm³/mol. The Hall–Kier alpha value is -1.58. The van der Waals surface area contributed by atoms with Crippen molar-refractivity contribution in [3.63, 3.8) is 0 Å². The van der Waals surface area contributed by atoms with Crippen LogP contribution in [0, 0.1) is 0 Å². The van der Waals surface area contributed by atoms with E-state index < -0.39 is 0 Å². The molecule has 0 atom stereocenters. The van der Waals surface area contributed by atoms with Crippen LogP contribution in [0.4, 0.5) is 0 Å². The van der Waals surface area contributed by atoms with E-state index in [1.165, 1.54) is 0 Å². The molecule has 0 aliphatic heterocycles. The van der Waals surface area contributed by atoms with Gasteiger partial charge in [0, 0.05) is 12.6 Å². The second kappa shape index (κ2) is 5.21. The maximum Gasteiger partial charge on any atom is 0.220 e. The van der Waals surface area contributed by atoms with Gasteiger partial charge in [0.2, 0.25) is 5.88 Å². The zero-order valence-corrected chi connectivity index (χ0v) is 8.32. The molecular weight excluding hydrogens is 182 g/mol. The quantitative estimate of drug-likeness (QED) is 0.663. The second-order valence-corrected chi connectivity index (χ2v) is 2.71. The first-order valence-electron chi connectivity index (χ1n) is 4.33. The Kier molecular flexibility index (Phi) is 3.91. The van der Waals surface area contributed by atoms with Gasteiger partial charge in [0.1, 0.15) is 12.0 Å². The molecule has 0 N–H and O–H groups in total. The topological polar surface area (TPSA) is 48.4 Å². The summed E-state index contributed by atoms with van der Waals surface area (Å²) in [6, 6.07) is 1.75. The summed E-state index contributed by atoms with van der Waals surface area (Å²) in [5.41, 5.74) is 0.838. The summed E-state index contributed by atoms with van der Waals surface area (Å²) in [6.45, 7) is 0. The molecule has 0 saturated heterocycles. The Balaban J connectivity index is 2.99. The zero-order chi connectivity index (χ0) is 10.4. The molecule has 76 valence electrons. The van der Waals surface area contributed by atoms with Crippen molar-refractivity contribution >= 4 is 6.29 Å². The Morgan fingerprint density at radius 2 is 2.21 bits per heavy atom. The van der Waals surface area contributed by atoms with E-state index in [2.05, 4.69) is 4.98 Å². The van der Waals surface area contributed by atoms with Gasteiger partial charge in [0.05, 0.1) is 19.8 Å². The normalized spacial score (nSPS) is 9.57.